The van der Waals surface area contributed by atoms with Gasteiger partial charge in [0.2, 0.25) is 5.91 Å². The number of likely N-dealkylation sites (N-methyl/N-ethyl adjacent to an activating group) is 1. The summed E-state index contributed by atoms with van der Waals surface area (Å²) in [6.07, 6.45) is 31.5. The van der Waals surface area contributed by atoms with E-state index in [4.69, 9.17) is 9.05 Å². The molecule has 0 bridgehead atoms. The molecule has 1 fully saturated rings. The SMILES string of the molecule is CCCCCCCCCCCCCCC/C=C/[C@@H](O)[C@H](COP(=O)(O)OCC[N+](C)(C)C)NC(=O)CCC/C=C/C[C@@H]1[C@@H](/C=C/[C@@H](O)CCCCC)[C@H](O)C[C@@H]1O. The van der Waals surface area contributed by atoms with Gasteiger partial charge in [-0.05, 0) is 44.4 Å². The molecule has 1 unspecified atom stereocenters. The maximum Gasteiger partial charge on any atom is 0.472 e. The Bertz CT molecular complexity index is 1140. The largest absolute Gasteiger partial charge is 0.472 e. The Hall–Kier alpha value is -1.40. The van der Waals surface area contributed by atoms with Crippen LogP contribution in [-0.2, 0) is 18.4 Å². The van der Waals surface area contributed by atoms with Crippen molar-refractivity contribution in [2.45, 2.75) is 192 Å². The number of phosphoric ester groups is 1. The monoisotopic (exact) mass is 830 g/mol. The van der Waals surface area contributed by atoms with E-state index in [0.29, 0.717) is 43.1 Å². The topological polar surface area (TPSA) is 166 Å². The maximum absolute atomic E-state index is 13.0. The highest BCUT2D eigenvalue weighted by Gasteiger charge is 2.39. The van der Waals surface area contributed by atoms with Crippen molar-refractivity contribution in [2.24, 2.45) is 11.8 Å². The van der Waals surface area contributed by atoms with Gasteiger partial charge in [-0.3, -0.25) is 13.8 Å². The number of carbonyl (C=O) groups excluding carboxylic acids is 1. The van der Waals surface area contributed by atoms with Crippen molar-refractivity contribution < 1.29 is 48.2 Å². The fourth-order valence-electron chi connectivity index (χ4n) is 7.21. The molecule has 12 heteroatoms. The van der Waals surface area contributed by atoms with Crippen LogP contribution in [0.4, 0.5) is 0 Å². The first-order valence-electron chi connectivity index (χ1n) is 22.6. The third kappa shape index (κ3) is 28.7. The first kappa shape index (κ1) is 53.6. The zero-order chi connectivity index (χ0) is 42.4. The Morgan fingerprint density at radius 1 is 0.772 bits per heavy atom. The van der Waals surface area contributed by atoms with Gasteiger partial charge in [-0.1, -0.05) is 147 Å². The molecule has 57 heavy (non-hydrogen) atoms. The van der Waals surface area contributed by atoms with E-state index in [0.717, 1.165) is 38.5 Å². The molecule has 0 aliphatic heterocycles. The third-order valence-corrected chi connectivity index (χ3v) is 11.9. The van der Waals surface area contributed by atoms with Gasteiger partial charge in [-0.25, -0.2) is 4.57 Å². The summed E-state index contributed by atoms with van der Waals surface area (Å²) in [4.78, 5) is 23.2. The molecule has 0 aromatic heterocycles. The highest BCUT2D eigenvalue weighted by molar-refractivity contribution is 7.47. The number of amides is 1. The number of quaternary nitrogens is 1. The van der Waals surface area contributed by atoms with Crippen LogP contribution in [0, 0.1) is 11.8 Å². The molecule has 1 aliphatic carbocycles. The van der Waals surface area contributed by atoms with Gasteiger partial charge in [-0.15, -0.1) is 0 Å². The molecule has 8 atom stereocenters. The molecule has 1 saturated carbocycles. The van der Waals surface area contributed by atoms with Crippen molar-refractivity contribution >= 4 is 13.7 Å². The van der Waals surface area contributed by atoms with Crippen LogP contribution in [0.1, 0.15) is 162 Å². The number of nitrogens with one attached hydrogen (secondary N) is 1. The highest BCUT2D eigenvalue weighted by atomic mass is 31.2. The van der Waals surface area contributed by atoms with Gasteiger partial charge < -0.3 is 35.1 Å². The summed E-state index contributed by atoms with van der Waals surface area (Å²) in [5.74, 6) is -0.697. The lowest BCUT2D eigenvalue weighted by Gasteiger charge is -2.25. The molecule has 334 valence electrons. The standard InChI is InChI=1S/C45H85N2O9P/c1-6-8-10-11-12-13-14-15-16-17-18-19-20-21-26-30-42(49)41(37-56-57(53,54)55-35-34-47(3,4)5)46-45(52)31-27-23-22-25-29-39-40(44(51)36-43(39)50)33-32-38(48)28-24-9-7-2/h22,25-26,30,32-33,38-44,48-51H,6-21,23-24,27-29,31,34-37H2,1-5H3,(H-,46,52,53,54)/p+1/b25-22+,30-26+,33-32+/t38-,39+,40+,41-,42+,43-,44+/m0/s1. The Morgan fingerprint density at radius 3 is 1.96 bits per heavy atom. The van der Waals surface area contributed by atoms with Gasteiger partial charge in [0.15, 0.2) is 0 Å². The fraction of sp³-hybridized carbons (Fsp3) is 0.844. The van der Waals surface area contributed by atoms with E-state index in [2.05, 4.69) is 19.2 Å². The van der Waals surface area contributed by atoms with Crippen molar-refractivity contribution in [1.29, 1.82) is 0 Å². The van der Waals surface area contributed by atoms with Gasteiger partial charge in [0.1, 0.15) is 13.2 Å². The maximum atomic E-state index is 13.0. The number of allylic oxidation sites excluding steroid dienone is 3. The van der Waals surface area contributed by atoms with Crippen LogP contribution in [-0.4, -0.2) is 107 Å². The number of hydrogen-bond acceptors (Lipinski definition) is 8. The first-order valence-corrected chi connectivity index (χ1v) is 24.1. The zero-order valence-electron chi connectivity index (χ0n) is 36.7. The van der Waals surface area contributed by atoms with Crippen molar-refractivity contribution in [3.05, 3.63) is 36.5 Å². The van der Waals surface area contributed by atoms with Gasteiger partial charge in [0, 0.05) is 18.8 Å². The van der Waals surface area contributed by atoms with Gasteiger partial charge in [0.05, 0.1) is 58.2 Å². The summed E-state index contributed by atoms with van der Waals surface area (Å²) in [5.41, 5.74) is 0. The molecule has 1 amide bonds. The Morgan fingerprint density at radius 2 is 1.35 bits per heavy atom. The molecule has 0 spiro atoms. The molecule has 0 aromatic carbocycles. The van der Waals surface area contributed by atoms with Crippen LogP contribution < -0.4 is 5.32 Å². The average molecular weight is 830 g/mol. The lowest BCUT2D eigenvalue weighted by atomic mass is 9.89. The highest BCUT2D eigenvalue weighted by Crippen LogP contribution is 2.43. The van der Waals surface area contributed by atoms with Gasteiger partial charge in [-0.2, -0.15) is 0 Å². The van der Waals surface area contributed by atoms with Gasteiger partial charge >= 0.3 is 7.82 Å². The molecular formula is C45H86N2O9P+. The average Bonchev–Trinajstić information content (AvgIpc) is 3.42. The van der Waals surface area contributed by atoms with Crippen LogP contribution in [0.15, 0.2) is 36.5 Å². The van der Waals surface area contributed by atoms with Gasteiger partial charge in [0.25, 0.3) is 0 Å². The molecule has 6 N–H and O–H groups in total. The van der Waals surface area contributed by atoms with Crippen LogP contribution in [0.5, 0.6) is 0 Å². The number of nitrogens with zero attached hydrogens (tertiary/aromatic N) is 1. The van der Waals surface area contributed by atoms with Crippen molar-refractivity contribution in [2.75, 3.05) is 40.9 Å². The van der Waals surface area contributed by atoms with Crippen LogP contribution >= 0.6 is 7.82 Å². The molecule has 1 aliphatic rings. The number of aliphatic hydroxyl groups excluding tert-OH is 4. The molecular weight excluding hydrogens is 743 g/mol. The summed E-state index contributed by atoms with van der Waals surface area (Å²) >= 11 is 0. The zero-order valence-corrected chi connectivity index (χ0v) is 37.5. The van der Waals surface area contributed by atoms with Crippen LogP contribution in [0.2, 0.25) is 0 Å². The van der Waals surface area contributed by atoms with E-state index in [9.17, 15) is 34.7 Å². The second-order valence-electron chi connectivity index (χ2n) is 17.4. The molecule has 0 aromatic rings. The van der Waals surface area contributed by atoms with E-state index < -0.39 is 44.9 Å². The van der Waals surface area contributed by atoms with Crippen LogP contribution in [0.3, 0.4) is 0 Å². The summed E-state index contributed by atoms with van der Waals surface area (Å²) in [6.45, 7) is 4.49. The number of phosphoric acid groups is 1. The Balaban J connectivity index is 2.57. The fourth-order valence-corrected chi connectivity index (χ4v) is 7.95. The van der Waals surface area contributed by atoms with E-state index in [1.165, 1.54) is 70.6 Å². The van der Waals surface area contributed by atoms with Crippen LogP contribution in [0.25, 0.3) is 0 Å². The summed E-state index contributed by atoms with van der Waals surface area (Å²) in [5, 5.41) is 45.2. The van der Waals surface area contributed by atoms with E-state index in [1.54, 1.807) is 12.2 Å². The number of unbranched alkanes of at least 4 members (excludes halogenated alkanes) is 16. The minimum atomic E-state index is -4.41. The number of carbonyl (C=O) groups is 1. The second-order valence-corrected chi connectivity index (χ2v) is 18.8. The minimum absolute atomic E-state index is 0.0172. The Kier molecular flexibility index (Phi) is 30.5. The quantitative estimate of drug-likeness (QED) is 0.0157. The first-order chi connectivity index (χ1) is 27.2. The van der Waals surface area contributed by atoms with Crippen molar-refractivity contribution in [1.82, 2.24) is 5.32 Å². The van der Waals surface area contributed by atoms with E-state index in [1.807, 2.05) is 45.4 Å². The predicted octanol–water partition coefficient (Wildman–Crippen LogP) is 8.68. The molecule has 11 nitrogen and oxygen atoms in total. The lowest BCUT2D eigenvalue weighted by molar-refractivity contribution is -0.870. The normalized spacial score (nSPS) is 21.8. The number of hydrogen-bond donors (Lipinski definition) is 6. The van der Waals surface area contributed by atoms with Crippen molar-refractivity contribution in [3.63, 3.8) is 0 Å². The lowest BCUT2D eigenvalue weighted by Crippen LogP contribution is -2.45. The molecule has 0 heterocycles. The number of rotatable bonds is 36. The molecule has 1 rings (SSSR count). The third-order valence-electron chi connectivity index (χ3n) is 10.9. The summed E-state index contributed by atoms with van der Waals surface area (Å²) in [7, 11) is 1.42. The summed E-state index contributed by atoms with van der Waals surface area (Å²) in [6, 6.07) is -0.941. The molecule has 0 radical (unpaired) electrons. The van der Waals surface area contributed by atoms with E-state index >= 15 is 0 Å². The summed E-state index contributed by atoms with van der Waals surface area (Å²) < 4.78 is 23.5. The Labute approximate surface area is 347 Å². The van der Waals surface area contributed by atoms with E-state index in [-0.39, 0.29) is 30.8 Å². The smallest absolute Gasteiger partial charge is 0.393 e. The minimum Gasteiger partial charge on any atom is -0.393 e. The van der Waals surface area contributed by atoms with Crippen molar-refractivity contribution in [3.8, 4) is 0 Å². The predicted molar refractivity (Wildman–Crippen MR) is 233 cm³/mol. The number of aliphatic hydroxyl groups is 4. The molecule has 0 saturated heterocycles. The second kappa shape index (κ2) is 32.4.